The third kappa shape index (κ3) is 25.6. The van der Waals surface area contributed by atoms with Crippen molar-refractivity contribution in [2.24, 2.45) is 68.5 Å². The molecule has 7 atom stereocenters. The van der Waals surface area contributed by atoms with Crippen LogP contribution in [0.5, 0.6) is 0 Å². The standard InChI is InChI=1S/C19H30O2.C14H26O2.C13H24O2.C12H22O2.C10H20O2.4C2H6/c1-5-18(2,3)17(20)21-19(4)10-13-9-14(19)16-12-7-6-11(8-12)15(13)16;1-6-13(2,3)12(15)16-14(4,5)11-9-7-8-10-11;1-5-12(2,3)11(14)15-13(4)9-7-6-8-10-13;1-5-11(2,3)10(13)14-12(4)8-6-7-9-12;1-7-10(5,6)8(11)12-9(2,3)4;4*1-2/h11-16H,5-10H2,1-4H3;11H,6-10H2,1-5H3;5-10H2,1-4H3;5-9H2,1-4H3;7H2,1-6H3;4*1-2H3. The molecule has 0 radical (unpaired) electrons. The lowest BCUT2D eigenvalue weighted by atomic mass is 9.66. The molecule has 7 aliphatic carbocycles. The summed E-state index contributed by atoms with van der Waals surface area (Å²) < 4.78 is 28.5. The number of rotatable bonds is 15. The van der Waals surface area contributed by atoms with Gasteiger partial charge in [0.15, 0.2) is 0 Å². The summed E-state index contributed by atoms with van der Waals surface area (Å²) in [4.78, 5) is 59.9. The molecular weight excluding hydrogens is 1070 g/mol. The Hall–Kier alpha value is -2.65. The summed E-state index contributed by atoms with van der Waals surface area (Å²) in [6.45, 7) is 61.9. The second-order valence-corrected chi connectivity index (χ2v) is 31.1. The normalized spacial score (nSPS) is 25.0. The van der Waals surface area contributed by atoms with Gasteiger partial charge in [-0.15, -0.1) is 0 Å². The molecule has 86 heavy (non-hydrogen) atoms. The van der Waals surface area contributed by atoms with E-state index in [-0.39, 0.29) is 84.9 Å². The van der Waals surface area contributed by atoms with Gasteiger partial charge >= 0.3 is 29.8 Å². The number of carbonyl (C=O) groups excluding carboxylic acids is 5. The Labute approximate surface area is 533 Å². The van der Waals surface area contributed by atoms with Gasteiger partial charge in [0.2, 0.25) is 0 Å². The molecule has 0 amide bonds. The Bertz CT molecular complexity index is 1950. The van der Waals surface area contributed by atoms with Crippen LogP contribution in [0.2, 0.25) is 0 Å². The van der Waals surface area contributed by atoms with Crippen LogP contribution < -0.4 is 0 Å². The molecule has 10 heteroatoms. The van der Waals surface area contributed by atoms with E-state index in [9.17, 15) is 24.0 Å². The van der Waals surface area contributed by atoms with Crippen LogP contribution in [0.25, 0.3) is 0 Å². The van der Waals surface area contributed by atoms with Gasteiger partial charge in [-0.25, -0.2) is 0 Å². The average molecular weight is 1220 g/mol. The fraction of sp³-hybridized carbons (Fsp3) is 0.934. The number of carbonyl (C=O) groups is 5. The van der Waals surface area contributed by atoms with Gasteiger partial charge in [-0.3, -0.25) is 24.0 Å². The zero-order valence-electron chi connectivity index (χ0n) is 62.9. The van der Waals surface area contributed by atoms with Gasteiger partial charge in [-0.2, -0.15) is 0 Å². The van der Waals surface area contributed by atoms with Gasteiger partial charge in [0.05, 0.1) is 27.1 Å². The van der Waals surface area contributed by atoms with E-state index in [0.29, 0.717) is 11.8 Å². The van der Waals surface area contributed by atoms with E-state index in [4.69, 9.17) is 23.7 Å². The molecule has 0 aromatic heterocycles. The highest BCUT2D eigenvalue weighted by Crippen LogP contribution is 2.70. The van der Waals surface area contributed by atoms with E-state index in [2.05, 4.69) is 41.5 Å². The molecular formula is C76H146O10. The van der Waals surface area contributed by atoms with Crippen molar-refractivity contribution in [2.45, 2.75) is 390 Å². The molecule has 0 saturated heterocycles. The van der Waals surface area contributed by atoms with Crippen LogP contribution in [-0.4, -0.2) is 57.9 Å². The van der Waals surface area contributed by atoms with E-state index in [1.165, 1.54) is 83.5 Å². The van der Waals surface area contributed by atoms with Crippen molar-refractivity contribution in [3.63, 3.8) is 0 Å². The minimum atomic E-state index is -0.372. The maximum Gasteiger partial charge on any atom is 0.312 e. The van der Waals surface area contributed by atoms with Gasteiger partial charge < -0.3 is 23.7 Å². The zero-order chi connectivity index (χ0) is 67.7. The fourth-order valence-electron chi connectivity index (χ4n) is 12.9. The quantitative estimate of drug-likeness (QED) is 0.0887. The van der Waals surface area contributed by atoms with Gasteiger partial charge in [-0.1, -0.05) is 109 Å². The van der Waals surface area contributed by atoms with Crippen molar-refractivity contribution in [3.8, 4) is 0 Å². The predicted octanol–water partition coefficient (Wildman–Crippen LogP) is 22.2. The van der Waals surface area contributed by atoms with Gasteiger partial charge in [0.25, 0.3) is 0 Å². The van der Waals surface area contributed by atoms with Crippen LogP contribution in [0.3, 0.4) is 0 Å². The fourth-order valence-corrected chi connectivity index (χ4v) is 12.9. The first kappa shape index (κ1) is 85.4. The topological polar surface area (TPSA) is 132 Å². The van der Waals surface area contributed by atoms with Crippen molar-refractivity contribution < 1.29 is 47.7 Å². The smallest absolute Gasteiger partial charge is 0.312 e. The molecule has 4 bridgehead atoms. The molecule has 510 valence electrons. The lowest BCUT2D eigenvalue weighted by molar-refractivity contribution is -0.179. The van der Waals surface area contributed by atoms with Crippen molar-refractivity contribution in [2.75, 3.05) is 0 Å². The van der Waals surface area contributed by atoms with Crippen LogP contribution >= 0.6 is 0 Å². The molecule has 0 aromatic rings. The first-order valence-corrected chi connectivity index (χ1v) is 35.8. The number of hydrogen-bond acceptors (Lipinski definition) is 10. The maximum atomic E-state index is 12.6. The first-order chi connectivity index (χ1) is 39.6. The van der Waals surface area contributed by atoms with Crippen LogP contribution in [0, 0.1) is 68.5 Å². The molecule has 0 spiro atoms. The van der Waals surface area contributed by atoms with E-state index < -0.39 is 0 Å². The Morgan fingerprint density at radius 3 is 1.03 bits per heavy atom. The van der Waals surface area contributed by atoms with E-state index >= 15 is 0 Å². The lowest BCUT2D eigenvalue weighted by Crippen LogP contribution is -2.47. The molecule has 0 N–H and O–H groups in total. The SMILES string of the molecule is CC.CC.CC.CC.CCC(C)(C)C(=O)OC(C)(C)C.CCC(C)(C)C(=O)OC(C)(C)C1CCCC1.CCC(C)(C)C(=O)OC1(C)CC2CC1C1C3CCC(C3)C21.CCC(C)(C)C(=O)OC1(C)CCCC1.CCC(C)(C)C(=O)OC1(C)CCCCC1. The van der Waals surface area contributed by atoms with E-state index in [1.807, 2.05) is 173 Å². The lowest BCUT2D eigenvalue weighted by Gasteiger charge is -2.45. The second kappa shape index (κ2) is 37.0. The highest BCUT2D eigenvalue weighted by atomic mass is 16.6. The Balaban J connectivity index is 0. The molecule has 7 aliphatic rings. The monoisotopic (exact) mass is 1220 g/mol. The second-order valence-electron chi connectivity index (χ2n) is 31.1. The minimum Gasteiger partial charge on any atom is -0.460 e. The third-order valence-corrected chi connectivity index (χ3v) is 20.9. The first-order valence-electron chi connectivity index (χ1n) is 35.8. The summed E-state index contributed by atoms with van der Waals surface area (Å²) in [6, 6.07) is 0. The molecule has 7 rings (SSSR count). The average Bonchev–Trinajstić information content (AvgIpc) is 1.56. The van der Waals surface area contributed by atoms with Crippen molar-refractivity contribution in [3.05, 3.63) is 0 Å². The maximum absolute atomic E-state index is 12.6. The summed E-state index contributed by atoms with van der Waals surface area (Å²) in [6.07, 6.45) is 26.1. The van der Waals surface area contributed by atoms with Crippen molar-refractivity contribution in [1.29, 1.82) is 0 Å². The zero-order valence-corrected chi connectivity index (χ0v) is 62.9. The van der Waals surface area contributed by atoms with Crippen LogP contribution in [0.4, 0.5) is 0 Å². The van der Waals surface area contributed by atoms with E-state index in [1.54, 1.807) is 0 Å². The summed E-state index contributed by atoms with van der Waals surface area (Å²) >= 11 is 0. The molecule has 7 unspecified atom stereocenters. The van der Waals surface area contributed by atoms with Crippen LogP contribution in [0.15, 0.2) is 0 Å². The van der Waals surface area contributed by atoms with Crippen molar-refractivity contribution in [1.82, 2.24) is 0 Å². The summed E-state index contributed by atoms with van der Waals surface area (Å²) in [7, 11) is 0. The predicted molar refractivity (Wildman–Crippen MR) is 363 cm³/mol. The number of fused-ring (bicyclic) bond motifs is 9. The van der Waals surface area contributed by atoms with Crippen molar-refractivity contribution >= 4 is 29.8 Å². The molecule has 0 heterocycles. The van der Waals surface area contributed by atoms with Gasteiger partial charge in [0, 0.05) is 5.92 Å². The Kier molecular flexibility index (Phi) is 36.8. The van der Waals surface area contributed by atoms with Gasteiger partial charge in [0.1, 0.15) is 28.0 Å². The van der Waals surface area contributed by atoms with Gasteiger partial charge in [-0.05, 0) is 289 Å². The molecule has 7 fully saturated rings. The number of ether oxygens (including phenoxy) is 5. The largest absolute Gasteiger partial charge is 0.460 e. The Morgan fingerprint density at radius 2 is 0.686 bits per heavy atom. The number of esters is 5. The van der Waals surface area contributed by atoms with Crippen LogP contribution in [-0.2, 0) is 47.7 Å². The summed E-state index contributed by atoms with van der Waals surface area (Å²) in [5.74, 6) is 5.67. The third-order valence-electron chi connectivity index (χ3n) is 20.9. The Morgan fingerprint density at radius 1 is 0.372 bits per heavy atom. The molecule has 0 aromatic carbocycles. The molecule has 0 aliphatic heterocycles. The molecule has 10 nitrogen and oxygen atoms in total. The van der Waals surface area contributed by atoms with E-state index in [0.717, 1.165) is 93.8 Å². The summed E-state index contributed by atoms with van der Waals surface area (Å²) in [5.41, 5.74) is -2.90. The molecule has 7 saturated carbocycles. The highest BCUT2D eigenvalue weighted by molar-refractivity contribution is 5.78. The van der Waals surface area contributed by atoms with Crippen LogP contribution in [0.1, 0.15) is 362 Å². The number of hydrogen-bond donors (Lipinski definition) is 0. The summed E-state index contributed by atoms with van der Waals surface area (Å²) in [5, 5.41) is 0. The highest BCUT2D eigenvalue weighted by Gasteiger charge is 2.67. The minimum absolute atomic E-state index is 0.0276.